The van der Waals surface area contributed by atoms with E-state index in [0.29, 0.717) is 5.69 Å². The second kappa shape index (κ2) is 4.45. The lowest BCUT2D eigenvalue weighted by atomic mass is 10.1. The van der Waals surface area contributed by atoms with E-state index in [-0.39, 0.29) is 6.42 Å². The minimum Gasteiger partial charge on any atom is -0.481 e. The molecule has 0 fully saturated rings. The zero-order chi connectivity index (χ0) is 11.5. The van der Waals surface area contributed by atoms with E-state index in [0.717, 1.165) is 10.4 Å². The van der Waals surface area contributed by atoms with Gasteiger partial charge in [-0.15, -0.1) is 11.3 Å². The van der Waals surface area contributed by atoms with Crippen molar-refractivity contribution in [1.82, 2.24) is 4.98 Å². The second-order valence-electron chi connectivity index (χ2n) is 3.56. The first-order valence-electron chi connectivity index (χ1n) is 4.88. The molecule has 0 aliphatic rings. The molecule has 2 rings (SSSR count). The summed E-state index contributed by atoms with van der Waals surface area (Å²) in [7, 11) is 0. The quantitative estimate of drug-likeness (QED) is 0.886. The normalized spacial score (nSPS) is 10.3. The van der Waals surface area contributed by atoms with E-state index in [9.17, 15) is 4.79 Å². The van der Waals surface area contributed by atoms with Gasteiger partial charge in [-0.2, -0.15) is 0 Å². The summed E-state index contributed by atoms with van der Waals surface area (Å²) in [4.78, 5) is 15.7. The fraction of sp³-hybridized carbons (Fsp3) is 0.167. The number of hydrogen-bond donors (Lipinski definition) is 1. The van der Waals surface area contributed by atoms with Crippen LogP contribution in [0.1, 0.15) is 11.3 Å². The van der Waals surface area contributed by atoms with Gasteiger partial charge in [-0.3, -0.25) is 4.79 Å². The molecule has 0 atom stereocenters. The predicted molar refractivity (Wildman–Crippen MR) is 63.6 cm³/mol. The largest absolute Gasteiger partial charge is 0.481 e. The molecule has 0 bridgehead atoms. The molecule has 4 heteroatoms. The Balaban J connectivity index is 2.36. The number of rotatable bonds is 3. The van der Waals surface area contributed by atoms with E-state index >= 15 is 0 Å². The Hall–Kier alpha value is -1.68. The Kier molecular flexibility index (Phi) is 3.01. The number of thiazole rings is 1. The van der Waals surface area contributed by atoms with Crippen LogP contribution >= 0.6 is 11.3 Å². The van der Waals surface area contributed by atoms with Gasteiger partial charge in [0.1, 0.15) is 0 Å². The monoisotopic (exact) mass is 233 g/mol. The van der Waals surface area contributed by atoms with Crippen molar-refractivity contribution in [3.63, 3.8) is 0 Å². The Morgan fingerprint density at radius 1 is 1.38 bits per heavy atom. The Labute approximate surface area is 97.4 Å². The van der Waals surface area contributed by atoms with Gasteiger partial charge in [-0.05, 0) is 12.5 Å². The zero-order valence-corrected chi connectivity index (χ0v) is 9.62. The average Bonchev–Trinajstić information content (AvgIpc) is 2.66. The Morgan fingerprint density at radius 2 is 2.06 bits per heavy atom. The molecule has 1 aromatic carbocycles. The number of nitrogens with zero attached hydrogens (tertiary/aromatic N) is 1. The lowest BCUT2D eigenvalue weighted by molar-refractivity contribution is -0.136. The molecule has 82 valence electrons. The maximum Gasteiger partial charge on any atom is 0.309 e. The topological polar surface area (TPSA) is 50.2 Å². The Morgan fingerprint density at radius 3 is 2.69 bits per heavy atom. The van der Waals surface area contributed by atoms with Gasteiger partial charge in [0.05, 0.1) is 22.5 Å². The summed E-state index contributed by atoms with van der Waals surface area (Å²) < 4.78 is 0. The lowest BCUT2D eigenvalue weighted by Crippen LogP contribution is -2.01. The zero-order valence-electron chi connectivity index (χ0n) is 8.80. The highest BCUT2D eigenvalue weighted by Gasteiger charge is 2.11. The van der Waals surface area contributed by atoms with Gasteiger partial charge in [0, 0.05) is 0 Å². The summed E-state index contributed by atoms with van der Waals surface area (Å²) in [5, 5.41) is 8.77. The molecule has 1 heterocycles. The molecule has 1 N–H and O–H groups in total. The van der Waals surface area contributed by atoms with Gasteiger partial charge < -0.3 is 5.11 Å². The number of aromatic nitrogens is 1. The van der Waals surface area contributed by atoms with Crippen molar-refractivity contribution >= 4 is 17.3 Å². The van der Waals surface area contributed by atoms with Crippen LogP contribution in [0, 0.1) is 6.92 Å². The van der Waals surface area contributed by atoms with Gasteiger partial charge in [0.25, 0.3) is 0 Å². The second-order valence-corrected chi connectivity index (χ2v) is 4.42. The summed E-state index contributed by atoms with van der Waals surface area (Å²) >= 11 is 1.48. The van der Waals surface area contributed by atoms with Gasteiger partial charge >= 0.3 is 5.97 Å². The fourth-order valence-electron chi connectivity index (χ4n) is 1.48. The summed E-state index contributed by atoms with van der Waals surface area (Å²) in [5.41, 5.74) is 4.55. The number of carboxylic acids is 1. The molecule has 0 amide bonds. The number of carbonyl (C=O) groups is 1. The van der Waals surface area contributed by atoms with Crippen molar-refractivity contribution in [2.75, 3.05) is 0 Å². The fourth-order valence-corrected chi connectivity index (χ4v) is 2.30. The van der Waals surface area contributed by atoms with Crippen LogP contribution in [0.25, 0.3) is 10.4 Å². The van der Waals surface area contributed by atoms with Gasteiger partial charge in [-0.25, -0.2) is 4.98 Å². The van der Waals surface area contributed by atoms with E-state index in [1.807, 2.05) is 31.2 Å². The molecule has 1 aromatic heterocycles. The van der Waals surface area contributed by atoms with Crippen molar-refractivity contribution in [3.05, 3.63) is 41.0 Å². The van der Waals surface area contributed by atoms with Crippen LogP contribution in [0.3, 0.4) is 0 Å². The van der Waals surface area contributed by atoms with Crippen molar-refractivity contribution < 1.29 is 9.90 Å². The minimum absolute atomic E-state index is 0.0211. The van der Waals surface area contributed by atoms with Crippen molar-refractivity contribution in [1.29, 1.82) is 0 Å². The summed E-state index contributed by atoms with van der Waals surface area (Å²) in [6.45, 7) is 2.02. The summed E-state index contributed by atoms with van der Waals surface area (Å²) in [5.74, 6) is -0.848. The molecule has 0 spiro atoms. The number of hydrogen-bond acceptors (Lipinski definition) is 3. The number of aryl methyl sites for hydroxylation is 1. The Bertz CT molecular complexity index is 502. The molecule has 2 aromatic rings. The van der Waals surface area contributed by atoms with Crippen LogP contribution in [-0.4, -0.2) is 16.1 Å². The maximum absolute atomic E-state index is 10.7. The molecular weight excluding hydrogens is 222 g/mol. The molecule has 0 saturated heterocycles. The molecule has 3 nitrogen and oxygen atoms in total. The first kappa shape index (κ1) is 10.8. The van der Waals surface area contributed by atoms with Gasteiger partial charge in [0.2, 0.25) is 0 Å². The minimum atomic E-state index is -0.848. The van der Waals surface area contributed by atoms with Crippen LogP contribution in [0.15, 0.2) is 29.8 Å². The van der Waals surface area contributed by atoms with E-state index in [4.69, 9.17) is 5.11 Å². The highest BCUT2D eigenvalue weighted by Crippen LogP contribution is 2.28. The number of carboxylic acid groups (broad SMARTS) is 1. The van der Waals surface area contributed by atoms with Crippen molar-refractivity contribution in [2.45, 2.75) is 13.3 Å². The molecule has 0 aliphatic heterocycles. The first-order chi connectivity index (χ1) is 7.66. The molecule has 0 radical (unpaired) electrons. The van der Waals surface area contributed by atoms with E-state index in [1.54, 1.807) is 5.51 Å². The van der Waals surface area contributed by atoms with Crippen LogP contribution in [0.2, 0.25) is 0 Å². The maximum atomic E-state index is 10.7. The molecular formula is C12H11NO2S. The third kappa shape index (κ3) is 2.28. The molecule has 0 unspecified atom stereocenters. The van der Waals surface area contributed by atoms with Crippen molar-refractivity contribution in [2.24, 2.45) is 0 Å². The molecule has 0 aliphatic carbocycles. The van der Waals surface area contributed by atoms with E-state index in [1.165, 1.54) is 16.9 Å². The third-order valence-corrected chi connectivity index (χ3v) is 3.19. The lowest BCUT2D eigenvalue weighted by Gasteiger charge is -2.01. The number of aliphatic carboxylic acids is 1. The van der Waals surface area contributed by atoms with Crippen LogP contribution in [0.4, 0.5) is 0 Å². The highest BCUT2D eigenvalue weighted by molar-refractivity contribution is 7.13. The predicted octanol–water partition coefficient (Wildman–Crippen LogP) is 2.75. The van der Waals surface area contributed by atoms with Crippen LogP contribution < -0.4 is 0 Å². The van der Waals surface area contributed by atoms with Crippen molar-refractivity contribution in [3.8, 4) is 10.4 Å². The number of benzene rings is 1. The average molecular weight is 233 g/mol. The SMILES string of the molecule is Cc1ccc(-c2scnc2CC(=O)O)cc1. The van der Waals surface area contributed by atoms with Gasteiger partial charge in [-0.1, -0.05) is 29.8 Å². The molecule has 0 saturated carbocycles. The van der Waals surface area contributed by atoms with Gasteiger partial charge in [0.15, 0.2) is 0 Å². The first-order valence-corrected chi connectivity index (χ1v) is 5.76. The summed E-state index contributed by atoms with van der Waals surface area (Å²) in [6, 6.07) is 8.02. The van der Waals surface area contributed by atoms with Crippen LogP contribution in [0.5, 0.6) is 0 Å². The summed E-state index contributed by atoms with van der Waals surface area (Å²) in [6.07, 6.45) is -0.0211. The van der Waals surface area contributed by atoms with E-state index in [2.05, 4.69) is 4.98 Å². The highest BCUT2D eigenvalue weighted by atomic mass is 32.1. The van der Waals surface area contributed by atoms with E-state index < -0.39 is 5.97 Å². The van der Waals surface area contributed by atoms with Crippen LogP contribution in [-0.2, 0) is 11.2 Å². The molecule has 16 heavy (non-hydrogen) atoms. The standard InChI is InChI=1S/C12H11NO2S/c1-8-2-4-9(5-3-8)12-10(6-11(14)15)13-7-16-12/h2-5,7H,6H2,1H3,(H,14,15). The smallest absolute Gasteiger partial charge is 0.309 e. The third-order valence-electron chi connectivity index (χ3n) is 2.27.